The van der Waals surface area contributed by atoms with Crippen LogP contribution in [0.5, 0.6) is 0 Å². The van der Waals surface area contributed by atoms with Crippen LogP contribution in [0.1, 0.15) is 10.5 Å². The molecule has 0 aliphatic rings. The molecule has 0 atom stereocenters. The Balaban J connectivity index is 1.83. The van der Waals surface area contributed by atoms with Crippen LogP contribution in [0, 0.1) is 0 Å². The molecule has 11 heteroatoms. The van der Waals surface area contributed by atoms with Crippen molar-refractivity contribution in [3.8, 4) is 28.7 Å². The number of hydrogen-bond donors (Lipinski definition) is 1. The molecule has 0 aliphatic carbocycles. The highest BCUT2D eigenvalue weighted by molar-refractivity contribution is 7.90. The third-order valence-corrected chi connectivity index (χ3v) is 5.60. The van der Waals surface area contributed by atoms with Gasteiger partial charge >= 0.3 is 5.97 Å². The van der Waals surface area contributed by atoms with E-state index >= 15 is 0 Å². The number of benzene rings is 2. The molecule has 0 unspecified atom stereocenters. The van der Waals surface area contributed by atoms with Gasteiger partial charge in [-0.15, -0.1) is 0 Å². The second kappa shape index (κ2) is 7.39. The standard InChI is InChI=1S/C19H13ClN4O5S/c1-30(27,28)12-6-4-5-11(9-12)17-21-18(29-23-17)16-10-14(19(25)26)22-24(16)15-8-3-2-7-13(15)20/h2-10H,1H3,(H,25,26). The maximum Gasteiger partial charge on any atom is 0.356 e. The smallest absolute Gasteiger partial charge is 0.356 e. The third-order valence-electron chi connectivity index (χ3n) is 4.17. The second-order valence-corrected chi connectivity index (χ2v) is 8.73. The summed E-state index contributed by atoms with van der Waals surface area (Å²) in [4.78, 5) is 15.8. The maximum atomic E-state index is 11.8. The van der Waals surface area contributed by atoms with E-state index in [1.807, 2.05) is 0 Å². The van der Waals surface area contributed by atoms with E-state index < -0.39 is 15.8 Å². The summed E-state index contributed by atoms with van der Waals surface area (Å²) in [5.41, 5.74) is 0.845. The molecule has 4 rings (SSSR count). The first-order valence-corrected chi connectivity index (χ1v) is 10.7. The lowest BCUT2D eigenvalue weighted by Gasteiger charge is -2.06. The minimum absolute atomic E-state index is 0.00493. The van der Waals surface area contributed by atoms with Crippen LogP contribution >= 0.6 is 11.6 Å². The van der Waals surface area contributed by atoms with Crippen molar-refractivity contribution < 1.29 is 22.8 Å². The summed E-state index contributed by atoms with van der Waals surface area (Å²) in [6.45, 7) is 0. The molecule has 0 radical (unpaired) electrons. The fourth-order valence-electron chi connectivity index (χ4n) is 2.76. The number of sulfone groups is 1. The topological polar surface area (TPSA) is 128 Å². The van der Waals surface area contributed by atoms with Crippen LogP contribution in [-0.2, 0) is 9.84 Å². The van der Waals surface area contributed by atoms with Gasteiger partial charge in [-0.2, -0.15) is 10.1 Å². The number of rotatable bonds is 5. The third kappa shape index (κ3) is 3.70. The predicted octanol–water partition coefficient (Wildman–Crippen LogP) is 3.34. The Morgan fingerprint density at radius 2 is 1.90 bits per heavy atom. The lowest BCUT2D eigenvalue weighted by molar-refractivity contribution is 0.0690. The van der Waals surface area contributed by atoms with Gasteiger partial charge in [0.05, 0.1) is 15.6 Å². The Morgan fingerprint density at radius 1 is 1.13 bits per heavy atom. The van der Waals surface area contributed by atoms with Gasteiger partial charge in [-0.25, -0.2) is 17.9 Å². The van der Waals surface area contributed by atoms with Gasteiger partial charge in [0.15, 0.2) is 15.5 Å². The Kier molecular flexibility index (Phi) is 4.88. The number of carboxylic acid groups (broad SMARTS) is 1. The Bertz CT molecular complexity index is 1380. The zero-order valence-electron chi connectivity index (χ0n) is 15.4. The minimum atomic E-state index is -3.41. The Labute approximate surface area is 175 Å². The van der Waals surface area contributed by atoms with Gasteiger partial charge in [-0.1, -0.05) is 41.0 Å². The van der Waals surface area contributed by atoms with Crippen molar-refractivity contribution in [1.29, 1.82) is 0 Å². The van der Waals surface area contributed by atoms with Gasteiger partial charge in [0, 0.05) is 17.9 Å². The van der Waals surface area contributed by atoms with E-state index in [0.717, 1.165) is 6.26 Å². The van der Waals surface area contributed by atoms with Gasteiger partial charge in [-0.05, 0) is 24.3 Å². The van der Waals surface area contributed by atoms with Gasteiger partial charge < -0.3 is 9.63 Å². The number of nitrogens with zero attached hydrogens (tertiary/aromatic N) is 4. The van der Waals surface area contributed by atoms with Gasteiger partial charge in [0.25, 0.3) is 5.89 Å². The molecule has 0 fully saturated rings. The largest absolute Gasteiger partial charge is 0.476 e. The molecule has 152 valence electrons. The van der Waals surface area contributed by atoms with E-state index in [4.69, 9.17) is 16.1 Å². The summed E-state index contributed by atoms with van der Waals surface area (Å²) in [7, 11) is -3.41. The zero-order valence-corrected chi connectivity index (χ0v) is 16.9. The normalized spacial score (nSPS) is 11.5. The molecule has 0 aliphatic heterocycles. The second-order valence-electron chi connectivity index (χ2n) is 6.31. The molecule has 1 N–H and O–H groups in total. The van der Waals surface area contributed by atoms with E-state index in [-0.39, 0.29) is 28.0 Å². The van der Waals surface area contributed by atoms with Crippen LogP contribution in [-0.4, -0.2) is 45.7 Å². The van der Waals surface area contributed by atoms with E-state index in [1.165, 1.54) is 22.9 Å². The molecule has 0 saturated carbocycles. The van der Waals surface area contributed by atoms with Crippen molar-refractivity contribution >= 4 is 27.4 Å². The SMILES string of the molecule is CS(=O)(=O)c1cccc(-c2noc(-c3cc(C(=O)O)nn3-c3ccccc3Cl)n2)c1. The summed E-state index contributed by atoms with van der Waals surface area (Å²) in [6.07, 6.45) is 1.10. The fourth-order valence-corrected chi connectivity index (χ4v) is 3.64. The van der Waals surface area contributed by atoms with Crippen molar-refractivity contribution in [3.63, 3.8) is 0 Å². The number of halogens is 1. The van der Waals surface area contributed by atoms with E-state index in [0.29, 0.717) is 16.3 Å². The predicted molar refractivity (Wildman–Crippen MR) is 107 cm³/mol. The van der Waals surface area contributed by atoms with E-state index in [2.05, 4.69) is 15.2 Å². The van der Waals surface area contributed by atoms with Gasteiger partial charge in [0.2, 0.25) is 5.82 Å². The number of aromatic nitrogens is 4. The molecule has 2 aromatic carbocycles. The van der Waals surface area contributed by atoms with Gasteiger partial charge in [-0.3, -0.25) is 0 Å². The van der Waals surface area contributed by atoms with Crippen LogP contribution in [0.3, 0.4) is 0 Å². The number of carbonyl (C=O) groups is 1. The van der Waals surface area contributed by atoms with Crippen molar-refractivity contribution in [2.24, 2.45) is 0 Å². The van der Waals surface area contributed by atoms with E-state index in [1.54, 1.807) is 36.4 Å². The van der Waals surface area contributed by atoms with Crippen LogP contribution in [0.4, 0.5) is 0 Å². The molecular formula is C19H13ClN4O5S. The average molecular weight is 445 g/mol. The molecule has 4 aromatic rings. The fraction of sp³-hybridized carbons (Fsp3) is 0.0526. The molecule has 0 saturated heterocycles. The maximum absolute atomic E-state index is 11.8. The molecule has 9 nitrogen and oxygen atoms in total. The summed E-state index contributed by atoms with van der Waals surface area (Å²) in [5, 5.41) is 17.7. The Morgan fingerprint density at radius 3 is 2.60 bits per heavy atom. The highest BCUT2D eigenvalue weighted by Gasteiger charge is 2.22. The highest BCUT2D eigenvalue weighted by atomic mass is 35.5. The molecule has 0 amide bonds. The first-order chi connectivity index (χ1) is 14.2. The summed E-state index contributed by atoms with van der Waals surface area (Å²) in [6, 6.07) is 14.1. The first kappa shape index (κ1) is 19.8. The number of hydrogen-bond acceptors (Lipinski definition) is 7. The first-order valence-electron chi connectivity index (χ1n) is 8.47. The van der Waals surface area contributed by atoms with Crippen molar-refractivity contribution in [2.45, 2.75) is 4.90 Å². The van der Waals surface area contributed by atoms with Crippen molar-refractivity contribution in [1.82, 2.24) is 19.9 Å². The summed E-state index contributed by atoms with van der Waals surface area (Å²) < 4.78 is 30.2. The summed E-state index contributed by atoms with van der Waals surface area (Å²) in [5.74, 6) is -1.10. The molecule has 0 bridgehead atoms. The molecule has 0 spiro atoms. The number of para-hydroxylation sites is 1. The van der Waals surface area contributed by atoms with Gasteiger partial charge in [0.1, 0.15) is 5.69 Å². The van der Waals surface area contributed by atoms with Crippen LogP contribution in [0.2, 0.25) is 5.02 Å². The highest BCUT2D eigenvalue weighted by Crippen LogP contribution is 2.29. The molecule has 30 heavy (non-hydrogen) atoms. The average Bonchev–Trinajstić information content (AvgIpc) is 3.35. The molecule has 2 heterocycles. The number of carboxylic acids is 1. The Hall–Kier alpha value is -3.50. The van der Waals surface area contributed by atoms with E-state index in [9.17, 15) is 18.3 Å². The van der Waals surface area contributed by atoms with Crippen LogP contribution in [0.15, 0.2) is 64.0 Å². The quantitative estimate of drug-likeness (QED) is 0.496. The number of aromatic carboxylic acids is 1. The lowest BCUT2D eigenvalue weighted by atomic mass is 10.2. The monoisotopic (exact) mass is 444 g/mol. The summed E-state index contributed by atoms with van der Waals surface area (Å²) >= 11 is 6.24. The van der Waals surface area contributed by atoms with Crippen LogP contribution < -0.4 is 0 Å². The van der Waals surface area contributed by atoms with Crippen LogP contribution in [0.25, 0.3) is 28.7 Å². The zero-order chi connectivity index (χ0) is 21.5. The van der Waals surface area contributed by atoms with Crippen molar-refractivity contribution in [2.75, 3.05) is 6.26 Å². The minimum Gasteiger partial charge on any atom is -0.476 e. The molecule has 2 aromatic heterocycles. The molecular weight excluding hydrogens is 432 g/mol. The van der Waals surface area contributed by atoms with Crippen molar-refractivity contribution in [3.05, 3.63) is 65.3 Å². The lowest BCUT2D eigenvalue weighted by Crippen LogP contribution is -2.03.